The topological polar surface area (TPSA) is 8.82 Å². The highest BCUT2D eigenvalue weighted by molar-refractivity contribution is 5.89. The molecule has 2 heteroatoms. The van der Waals surface area contributed by atoms with Gasteiger partial charge in [0.1, 0.15) is 0 Å². The Labute approximate surface area is 105 Å². The van der Waals surface area contributed by atoms with Crippen molar-refractivity contribution in [2.45, 2.75) is 0 Å². The summed E-state index contributed by atoms with van der Waals surface area (Å²) in [6.45, 7) is 0. The molecule has 0 amide bonds. The van der Waals surface area contributed by atoms with Crippen molar-refractivity contribution < 1.29 is 0 Å². The molecule has 0 aliphatic carbocycles. The van der Waals surface area contributed by atoms with E-state index in [2.05, 4.69) is 82.1 Å². The first-order valence-electron chi connectivity index (χ1n) is 6.05. The summed E-state index contributed by atoms with van der Waals surface area (Å²) in [5.41, 5.74) is 5.04. The van der Waals surface area contributed by atoms with Crippen molar-refractivity contribution in [1.29, 1.82) is 0 Å². The van der Waals surface area contributed by atoms with Crippen molar-refractivity contribution in [3.63, 3.8) is 0 Å². The largest absolute Gasteiger partial charge is 0.323 e. The second kappa shape index (κ2) is 3.50. The summed E-state index contributed by atoms with van der Waals surface area (Å²) in [5.74, 6) is 0. The maximum Gasteiger partial charge on any atom is 0.0529 e. The number of hydrogen-bond acceptors (Lipinski definition) is 0. The third kappa shape index (κ3) is 1.23. The van der Waals surface area contributed by atoms with Crippen LogP contribution in [0.2, 0.25) is 0 Å². The molecule has 86 valence electrons. The van der Waals surface area contributed by atoms with Crippen LogP contribution in [0.25, 0.3) is 22.2 Å². The molecule has 4 rings (SSSR count). The van der Waals surface area contributed by atoms with Crippen molar-refractivity contribution in [2.75, 3.05) is 0 Å². The minimum atomic E-state index is 1.24. The van der Waals surface area contributed by atoms with Crippen LogP contribution >= 0.6 is 0 Å². The van der Waals surface area contributed by atoms with E-state index in [0.29, 0.717) is 0 Å². The van der Waals surface area contributed by atoms with Crippen LogP contribution in [0.15, 0.2) is 73.3 Å². The SMILES string of the molecule is c1ccn2ccc(-c3cccn4cccc34)c2c1. The summed E-state index contributed by atoms with van der Waals surface area (Å²) in [6.07, 6.45) is 8.35. The Bertz CT molecular complexity index is 836. The molecule has 0 fully saturated rings. The fourth-order valence-electron chi connectivity index (χ4n) is 2.58. The Hall–Kier alpha value is -2.48. The van der Waals surface area contributed by atoms with Crippen molar-refractivity contribution in [3.8, 4) is 11.1 Å². The van der Waals surface area contributed by atoms with Gasteiger partial charge in [-0.05, 0) is 36.4 Å². The highest BCUT2D eigenvalue weighted by Crippen LogP contribution is 2.29. The number of nitrogens with zero attached hydrogens (tertiary/aromatic N) is 2. The molecule has 18 heavy (non-hydrogen) atoms. The van der Waals surface area contributed by atoms with Crippen molar-refractivity contribution in [2.24, 2.45) is 0 Å². The van der Waals surface area contributed by atoms with Gasteiger partial charge in [0.2, 0.25) is 0 Å². The molecule has 2 nitrogen and oxygen atoms in total. The standard InChI is InChI=1S/C16H12N2/c1-2-9-18-12-8-14(15(18)6-1)13-5-3-10-17-11-4-7-16(13)17/h1-12H. The van der Waals surface area contributed by atoms with E-state index in [4.69, 9.17) is 0 Å². The summed E-state index contributed by atoms with van der Waals surface area (Å²) in [4.78, 5) is 0. The molecule has 4 aromatic heterocycles. The molecule has 0 radical (unpaired) electrons. The lowest BCUT2D eigenvalue weighted by atomic mass is 10.1. The van der Waals surface area contributed by atoms with Gasteiger partial charge >= 0.3 is 0 Å². The van der Waals surface area contributed by atoms with Crippen molar-refractivity contribution >= 4 is 11.0 Å². The lowest BCUT2D eigenvalue weighted by Crippen LogP contribution is -1.85. The Kier molecular flexibility index (Phi) is 1.86. The first-order valence-corrected chi connectivity index (χ1v) is 6.05. The van der Waals surface area contributed by atoms with Gasteiger partial charge in [0.15, 0.2) is 0 Å². The quantitative estimate of drug-likeness (QED) is 0.471. The first kappa shape index (κ1) is 9.54. The predicted molar refractivity (Wildman–Crippen MR) is 73.8 cm³/mol. The normalized spacial score (nSPS) is 11.3. The molecule has 0 saturated carbocycles. The number of aromatic nitrogens is 2. The minimum absolute atomic E-state index is 1.24. The third-order valence-corrected chi connectivity index (χ3v) is 3.42. The Morgan fingerprint density at radius 1 is 0.500 bits per heavy atom. The van der Waals surface area contributed by atoms with E-state index in [1.807, 2.05) is 0 Å². The fourth-order valence-corrected chi connectivity index (χ4v) is 2.58. The van der Waals surface area contributed by atoms with Gasteiger partial charge in [0, 0.05) is 35.9 Å². The molecule has 0 bridgehead atoms. The smallest absolute Gasteiger partial charge is 0.0529 e. The summed E-state index contributed by atoms with van der Waals surface area (Å²) >= 11 is 0. The molecule has 0 atom stereocenters. The molecule has 0 unspecified atom stereocenters. The zero-order valence-electron chi connectivity index (χ0n) is 9.82. The summed E-state index contributed by atoms with van der Waals surface area (Å²) < 4.78 is 4.31. The molecule has 0 spiro atoms. The monoisotopic (exact) mass is 232 g/mol. The van der Waals surface area contributed by atoms with Crippen LogP contribution in [-0.2, 0) is 0 Å². The molecule has 0 N–H and O–H groups in total. The number of rotatable bonds is 1. The second-order valence-corrected chi connectivity index (χ2v) is 4.45. The van der Waals surface area contributed by atoms with Crippen LogP contribution in [-0.4, -0.2) is 8.80 Å². The molecule has 0 saturated heterocycles. The predicted octanol–water partition coefficient (Wildman–Crippen LogP) is 3.86. The molecule has 0 aromatic carbocycles. The highest BCUT2D eigenvalue weighted by atomic mass is 14.9. The van der Waals surface area contributed by atoms with E-state index in [1.54, 1.807) is 0 Å². The second-order valence-electron chi connectivity index (χ2n) is 4.45. The van der Waals surface area contributed by atoms with Crippen molar-refractivity contribution in [3.05, 3.63) is 73.3 Å². The Morgan fingerprint density at radius 2 is 1.11 bits per heavy atom. The Morgan fingerprint density at radius 3 is 2.00 bits per heavy atom. The van der Waals surface area contributed by atoms with Crippen LogP contribution in [0.3, 0.4) is 0 Å². The zero-order chi connectivity index (χ0) is 11.9. The first-order chi connectivity index (χ1) is 8.93. The van der Waals surface area contributed by atoms with Gasteiger partial charge in [-0.2, -0.15) is 0 Å². The maximum atomic E-state index is 2.18. The van der Waals surface area contributed by atoms with E-state index in [9.17, 15) is 0 Å². The van der Waals surface area contributed by atoms with Gasteiger partial charge in [-0.1, -0.05) is 12.1 Å². The number of fused-ring (bicyclic) bond motifs is 2. The maximum absolute atomic E-state index is 2.18. The molecular weight excluding hydrogens is 220 g/mol. The van der Waals surface area contributed by atoms with E-state index in [0.717, 1.165) is 0 Å². The van der Waals surface area contributed by atoms with Crippen LogP contribution < -0.4 is 0 Å². The van der Waals surface area contributed by atoms with E-state index >= 15 is 0 Å². The summed E-state index contributed by atoms with van der Waals surface area (Å²) in [5, 5.41) is 0. The summed E-state index contributed by atoms with van der Waals surface area (Å²) in [7, 11) is 0. The van der Waals surface area contributed by atoms with E-state index in [-0.39, 0.29) is 0 Å². The van der Waals surface area contributed by atoms with Crippen LogP contribution in [0.4, 0.5) is 0 Å². The van der Waals surface area contributed by atoms with Gasteiger partial charge in [-0.15, -0.1) is 0 Å². The average Bonchev–Trinajstić information content (AvgIpc) is 3.05. The van der Waals surface area contributed by atoms with Crippen molar-refractivity contribution in [1.82, 2.24) is 8.80 Å². The lowest BCUT2D eigenvalue weighted by molar-refractivity contribution is 1.20. The molecule has 4 heterocycles. The minimum Gasteiger partial charge on any atom is -0.323 e. The highest BCUT2D eigenvalue weighted by Gasteiger charge is 2.07. The van der Waals surface area contributed by atoms with Crippen LogP contribution in [0, 0.1) is 0 Å². The molecule has 0 aliphatic rings. The fraction of sp³-hybridized carbons (Fsp3) is 0. The lowest BCUT2D eigenvalue weighted by Gasteiger charge is -2.04. The van der Waals surface area contributed by atoms with Gasteiger partial charge < -0.3 is 8.80 Å². The Balaban J connectivity index is 2.10. The van der Waals surface area contributed by atoms with Gasteiger partial charge in [-0.3, -0.25) is 0 Å². The molecule has 4 aromatic rings. The van der Waals surface area contributed by atoms with E-state index in [1.165, 1.54) is 22.2 Å². The third-order valence-electron chi connectivity index (χ3n) is 3.42. The number of hydrogen-bond donors (Lipinski definition) is 0. The van der Waals surface area contributed by atoms with Crippen LogP contribution in [0.5, 0.6) is 0 Å². The zero-order valence-corrected chi connectivity index (χ0v) is 9.82. The number of pyridine rings is 2. The summed E-state index contributed by atoms with van der Waals surface area (Å²) in [6, 6.07) is 17.0. The average molecular weight is 232 g/mol. The van der Waals surface area contributed by atoms with E-state index < -0.39 is 0 Å². The molecule has 0 aliphatic heterocycles. The molecular formula is C16H12N2. The van der Waals surface area contributed by atoms with Gasteiger partial charge in [0.05, 0.1) is 11.0 Å². The van der Waals surface area contributed by atoms with Crippen LogP contribution in [0.1, 0.15) is 0 Å². The van der Waals surface area contributed by atoms with Gasteiger partial charge in [-0.25, -0.2) is 0 Å². The van der Waals surface area contributed by atoms with Gasteiger partial charge in [0.25, 0.3) is 0 Å².